The van der Waals surface area contributed by atoms with Gasteiger partial charge in [-0.15, -0.1) is 0 Å². The highest BCUT2D eigenvalue weighted by atomic mass is 16.3. The molecule has 1 unspecified atom stereocenters. The highest BCUT2D eigenvalue weighted by Crippen LogP contribution is 2.33. The summed E-state index contributed by atoms with van der Waals surface area (Å²) in [7, 11) is 0. The van der Waals surface area contributed by atoms with Crippen LogP contribution in [-0.4, -0.2) is 22.2 Å². The molecule has 0 spiro atoms. The molecule has 15 heavy (non-hydrogen) atoms. The van der Waals surface area contributed by atoms with E-state index in [1.807, 2.05) is 5.32 Å². The van der Waals surface area contributed by atoms with Crippen LogP contribution in [0.2, 0.25) is 0 Å². The first-order chi connectivity index (χ1) is 7.09. The number of phenols is 2. The number of amides is 3. The lowest BCUT2D eigenvalue weighted by Crippen LogP contribution is -2.22. The molecule has 6 nitrogen and oxygen atoms in total. The number of carbonyl (C=O) groups excluding carboxylic acids is 2. The zero-order chi connectivity index (χ0) is 11.0. The van der Waals surface area contributed by atoms with E-state index in [1.165, 1.54) is 18.2 Å². The fourth-order valence-corrected chi connectivity index (χ4v) is 1.42. The van der Waals surface area contributed by atoms with Crippen molar-refractivity contribution in [3.63, 3.8) is 0 Å². The zero-order valence-corrected chi connectivity index (χ0v) is 7.52. The average molecular weight is 208 g/mol. The molecule has 6 heteroatoms. The number of para-hydroxylation sites is 1. The van der Waals surface area contributed by atoms with Crippen molar-refractivity contribution in [2.24, 2.45) is 0 Å². The van der Waals surface area contributed by atoms with Crippen molar-refractivity contribution in [3.8, 4) is 11.5 Å². The second-order valence-electron chi connectivity index (χ2n) is 3.11. The summed E-state index contributed by atoms with van der Waals surface area (Å²) in [5.41, 5.74) is 0.165. The third-order valence-electron chi connectivity index (χ3n) is 2.13. The van der Waals surface area contributed by atoms with Gasteiger partial charge in [-0.05, 0) is 6.07 Å². The van der Waals surface area contributed by atoms with E-state index < -0.39 is 23.7 Å². The molecular formula is C9H8N2O4. The van der Waals surface area contributed by atoms with Crippen molar-refractivity contribution < 1.29 is 19.8 Å². The van der Waals surface area contributed by atoms with Gasteiger partial charge in [0.15, 0.2) is 11.5 Å². The van der Waals surface area contributed by atoms with E-state index in [0.717, 1.165) is 0 Å². The first kappa shape index (κ1) is 9.32. The van der Waals surface area contributed by atoms with E-state index in [2.05, 4.69) is 5.32 Å². The summed E-state index contributed by atoms with van der Waals surface area (Å²) in [6.45, 7) is 0. The molecule has 0 saturated carbocycles. The second kappa shape index (κ2) is 3.16. The molecule has 1 saturated heterocycles. The number of aromatic hydroxyl groups is 2. The molecule has 0 radical (unpaired) electrons. The maximum absolute atomic E-state index is 11.3. The minimum Gasteiger partial charge on any atom is -0.504 e. The highest BCUT2D eigenvalue weighted by molar-refractivity contribution is 6.04. The molecule has 0 bridgehead atoms. The Morgan fingerprint density at radius 2 is 1.93 bits per heavy atom. The molecule has 0 aliphatic carbocycles. The van der Waals surface area contributed by atoms with Gasteiger partial charge < -0.3 is 15.5 Å². The summed E-state index contributed by atoms with van der Waals surface area (Å²) in [6.07, 6.45) is 0. The number of phenolic OH excluding ortho intramolecular Hbond substituents is 2. The van der Waals surface area contributed by atoms with Gasteiger partial charge in [0.1, 0.15) is 6.04 Å². The Hall–Kier alpha value is -2.24. The fourth-order valence-electron chi connectivity index (χ4n) is 1.42. The van der Waals surface area contributed by atoms with Gasteiger partial charge in [0.2, 0.25) is 0 Å². The monoisotopic (exact) mass is 208 g/mol. The van der Waals surface area contributed by atoms with Gasteiger partial charge in [-0.2, -0.15) is 0 Å². The molecule has 1 aliphatic rings. The largest absolute Gasteiger partial charge is 0.504 e. The predicted octanol–water partition coefficient (Wildman–Crippen LogP) is -0.0217. The Balaban J connectivity index is 2.42. The van der Waals surface area contributed by atoms with Crippen LogP contribution in [0.5, 0.6) is 11.5 Å². The van der Waals surface area contributed by atoms with Crippen molar-refractivity contribution >= 4 is 11.9 Å². The number of imide groups is 1. The Morgan fingerprint density at radius 3 is 2.53 bits per heavy atom. The number of nitrogens with one attached hydrogen (secondary N) is 2. The van der Waals surface area contributed by atoms with E-state index in [0.29, 0.717) is 0 Å². The molecule has 1 atom stereocenters. The molecule has 1 fully saturated rings. The Morgan fingerprint density at radius 1 is 1.20 bits per heavy atom. The maximum Gasteiger partial charge on any atom is 0.322 e. The lowest BCUT2D eigenvalue weighted by atomic mass is 10.1. The van der Waals surface area contributed by atoms with Crippen molar-refractivity contribution in [1.29, 1.82) is 0 Å². The minimum absolute atomic E-state index is 0.165. The van der Waals surface area contributed by atoms with Gasteiger partial charge in [0.05, 0.1) is 0 Å². The summed E-state index contributed by atoms with van der Waals surface area (Å²) >= 11 is 0. The number of urea groups is 1. The van der Waals surface area contributed by atoms with Gasteiger partial charge in [0.25, 0.3) is 5.91 Å². The van der Waals surface area contributed by atoms with Crippen molar-refractivity contribution in [2.75, 3.05) is 0 Å². The van der Waals surface area contributed by atoms with Gasteiger partial charge in [-0.3, -0.25) is 10.1 Å². The first-order valence-corrected chi connectivity index (χ1v) is 4.22. The van der Waals surface area contributed by atoms with E-state index in [-0.39, 0.29) is 11.3 Å². The predicted molar refractivity (Wildman–Crippen MR) is 49.2 cm³/mol. The first-order valence-electron chi connectivity index (χ1n) is 4.22. The normalized spacial score (nSPS) is 19.9. The molecule has 78 valence electrons. The Kier molecular flexibility index (Phi) is 1.96. The average Bonchev–Trinajstić information content (AvgIpc) is 2.50. The van der Waals surface area contributed by atoms with E-state index in [9.17, 15) is 19.8 Å². The second-order valence-corrected chi connectivity index (χ2v) is 3.11. The van der Waals surface area contributed by atoms with E-state index in [1.54, 1.807) is 0 Å². The quantitative estimate of drug-likeness (QED) is 0.385. The summed E-state index contributed by atoms with van der Waals surface area (Å²) < 4.78 is 0. The topological polar surface area (TPSA) is 98.7 Å². The number of carbonyl (C=O) groups is 2. The maximum atomic E-state index is 11.3. The molecule has 3 amide bonds. The van der Waals surface area contributed by atoms with Gasteiger partial charge in [0, 0.05) is 5.56 Å². The lowest BCUT2D eigenvalue weighted by Gasteiger charge is -2.10. The Labute approximate surface area is 84.5 Å². The van der Waals surface area contributed by atoms with E-state index in [4.69, 9.17) is 0 Å². The van der Waals surface area contributed by atoms with Crippen LogP contribution in [0.25, 0.3) is 0 Å². The highest BCUT2D eigenvalue weighted by Gasteiger charge is 2.33. The lowest BCUT2D eigenvalue weighted by molar-refractivity contribution is -0.120. The molecular weight excluding hydrogens is 200 g/mol. The number of rotatable bonds is 1. The standard InChI is InChI=1S/C9H8N2O4/c12-5-3-1-2-4(7(5)13)6-8(14)11-9(15)10-6/h1-3,6,12-13H,(H2,10,11,14,15). The molecule has 0 aromatic heterocycles. The Bertz CT molecular complexity index is 444. The van der Waals surface area contributed by atoms with Crippen LogP contribution >= 0.6 is 0 Å². The van der Waals surface area contributed by atoms with Gasteiger partial charge in [-0.1, -0.05) is 12.1 Å². The summed E-state index contributed by atoms with van der Waals surface area (Å²) in [4.78, 5) is 22.1. The molecule has 2 rings (SSSR count). The van der Waals surface area contributed by atoms with Crippen LogP contribution in [0, 0.1) is 0 Å². The van der Waals surface area contributed by atoms with Crippen LogP contribution in [-0.2, 0) is 4.79 Å². The number of benzene rings is 1. The van der Waals surface area contributed by atoms with Gasteiger partial charge >= 0.3 is 6.03 Å². The van der Waals surface area contributed by atoms with Crippen LogP contribution in [0.3, 0.4) is 0 Å². The fraction of sp³-hybridized carbons (Fsp3) is 0.111. The third-order valence-corrected chi connectivity index (χ3v) is 2.13. The van der Waals surface area contributed by atoms with Crippen LogP contribution in [0.4, 0.5) is 4.79 Å². The number of hydrogen-bond donors (Lipinski definition) is 4. The van der Waals surface area contributed by atoms with E-state index >= 15 is 0 Å². The third kappa shape index (κ3) is 1.45. The van der Waals surface area contributed by atoms with Crippen LogP contribution < -0.4 is 10.6 Å². The summed E-state index contributed by atoms with van der Waals surface area (Å²) in [5.74, 6) is -1.29. The minimum atomic E-state index is -0.954. The van der Waals surface area contributed by atoms with Gasteiger partial charge in [-0.25, -0.2) is 4.79 Å². The molecule has 4 N–H and O–H groups in total. The van der Waals surface area contributed by atoms with Crippen LogP contribution in [0.1, 0.15) is 11.6 Å². The molecule has 1 heterocycles. The zero-order valence-electron chi connectivity index (χ0n) is 7.52. The van der Waals surface area contributed by atoms with Crippen molar-refractivity contribution in [1.82, 2.24) is 10.6 Å². The van der Waals surface area contributed by atoms with Crippen molar-refractivity contribution in [3.05, 3.63) is 23.8 Å². The molecule has 1 aliphatic heterocycles. The summed E-state index contributed by atoms with van der Waals surface area (Å²) in [5, 5.41) is 23.0. The molecule has 1 aromatic carbocycles. The van der Waals surface area contributed by atoms with Crippen molar-refractivity contribution in [2.45, 2.75) is 6.04 Å². The molecule has 1 aromatic rings. The number of hydrogen-bond acceptors (Lipinski definition) is 4. The summed E-state index contributed by atoms with van der Waals surface area (Å²) in [6, 6.07) is 2.64. The van der Waals surface area contributed by atoms with Crippen LogP contribution in [0.15, 0.2) is 18.2 Å². The SMILES string of the molecule is O=C1NC(=O)C(c2cccc(O)c2O)N1. The smallest absolute Gasteiger partial charge is 0.322 e.